The predicted octanol–water partition coefficient (Wildman–Crippen LogP) is 3.53. The average Bonchev–Trinajstić information content (AvgIpc) is 3.09. The third-order valence-electron chi connectivity index (χ3n) is 3.88. The van der Waals surface area contributed by atoms with E-state index in [-0.39, 0.29) is 11.4 Å². The molecule has 0 aliphatic heterocycles. The zero-order valence-electron chi connectivity index (χ0n) is 14.6. The molecular formula is C19H20N2O3S2. The fourth-order valence-corrected chi connectivity index (χ4v) is 4.39. The van der Waals surface area contributed by atoms with Crippen molar-refractivity contribution in [2.24, 2.45) is 0 Å². The second kappa shape index (κ2) is 7.99. The molecule has 0 bridgehead atoms. The summed E-state index contributed by atoms with van der Waals surface area (Å²) in [6, 6.07) is 14.6. The van der Waals surface area contributed by atoms with Crippen molar-refractivity contribution in [1.29, 1.82) is 0 Å². The van der Waals surface area contributed by atoms with Crippen LogP contribution < -0.4 is 9.46 Å². The van der Waals surface area contributed by atoms with Crippen LogP contribution in [0.15, 0.2) is 59.6 Å². The van der Waals surface area contributed by atoms with Crippen molar-refractivity contribution < 1.29 is 13.2 Å². The number of nitrogens with zero attached hydrogens (tertiary/aromatic N) is 1. The van der Waals surface area contributed by atoms with Crippen molar-refractivity contribution in [2.75, 3.05) is 7.11 Å². The summed E-state index contributed by atoms with van der Waals surface area (Å²) in [6.07, 6.45) is 2.60. The highest BCUT2D eigenvalue weighted by atomic mass is 32.2. The van der Waals surface area contributed by atoms with Gasteiger partial charge in [0.05, 0.1) is 18.6 Å². The van der Waals surface area contributed by atoms with Crippen molar-refractivity contribution >= 4 is 21.4 Å². The zero-order valence-corrected chi connectivity index (χ0v) is 16.2. The lowest BCUT2D eigenvalue weighted by Crippen LogP contribution is -2.23. The summed E-state index contributed by atoms with van der Waals surface area (Å²) in [4.78, 5) is 5.63. The third kappa shape index (κ3) is 4.69. The number of aromatic nitrogens is 1. The van der Waals surface area contributed by atoms with E-state index in [1.807, 2.05) is 6.20 Å². The Hall–Kier alpha value is -2.22. The molecule has 0 spiro atoms. The van der Waals surface area contributed by atoms with Gasteiger partial charge in [-0.15, -0.1) is 11.3 Å². The molecule has 0 aliphatic rings. The predicted molar refractivity (Wildman–Crippen MR) is 103 cm³/mol. The van der Waals surface area contributed by atoms with Gasteiger partial charge in [0, 0.05) is 17.5 Å². The van der Waals surface area contributed by atoms with Gasteiger partial charge in [0.25, 0.3) is 0 Å². The number of thiazole rings is 1. The van der Waals surface area contributed by atoms with Gasteiger partial charge >= 0.3 is 0 Å². The molecule has 3 aromatic rings. The molecule has 1 aromatic heterocycles. The molecule has 0 amide bonds. The van der Waals surface area contributed by atoms with E-state index in [9.17, 15) is 8.42 Å². The number of hydrogen-bond acceptors (Lipinski definition) is 5. The van der Waals surface area contributed by atoms with Crippen LogP contribution in [0.5, 0.6) is 5.75 Å². The van der Waals surface area contributed by atoms with Crippen molar-refractivity contribution in [3.8, 4) is 5.75 Å². The van der Waals surface area contributed by atoms with Gasteiger partial charge in [-0.25, -0.2) is 18.1 Å². The van der Waals surface area contributed by atoms with Crippen LogP contribution in [0, 0.1) is 6.92 Å². The zero-order chi connectivity index (χ0) is 18.6. The molecule has 0 saturated carbocycles. The quantitative estimate of drug-likeness (QED) is 0.672. The lowest BCUT2D eigenvalue weighted by Gasteiger charge is -2.06. The number of hydrogen-bond donors (Lipinski definition) is 1. The Morgan fingerprint density at radius 3 is 2.42 bits per heavy atom. The van der Waals surface area contributed by atoms with Gasteiger partial charge < -0.3 is 4.74 Å². The number of ether oxygens (including phenoxy) is 1. The van der Waals surface area contributed by atoms with Crippen LogP contribution in [0.3, 0.4) is 0 Å². The first-order valence-corrected chi connectivity index (χ1v) is 10.4. The minimum atomic E-state index is -3.58. The fraction of sp³-hybridized carbons (Fsp3) is 0.211. The molecule has 0 fully saturated rings. The summed E-state index contributed by atoms with van der Waals surface area (Å²) >= 11 is 1.52. The van der Waals surface area contributed by atoms with E-state index in [0.29, 0.717) is 5.75 Å². The monoisotopic (exact) mass is 388 g/mol. The summed E-state index contributed by atoms with van der Waals surface area (Å²) in [5, 5.41) is 0.740. The molecule has 0 atom stereocenters. The topological polar surface area (TPSA) is 68.3 Å². The summed E-state index contributed by atoms with van der Waals surface area (Å²) < 4.78 is 32.4. The van der Waals surface area contributed by atoms with Crippen LogP contribution >= 0.6 is 11.3 Å². The number of sulfonamides is 1. The summed E-state index contributed by atoms with van der Waals surface area (Å²) in [6.45, 7) is 2.23. The summed E-state index contributed by atoms with van der Waals surface area (Å²) in [5.74, 6) is 0.615. The fourth-order valence-electron chi connectivity index (χ4n) is 2.41. The first kappa shape index (κ1) is 18.6. The smallest absolute Gasteiger partial charge is 0.240 e. The SMILES string of the molecule is COc1ccc(S(=O)(=O)NCc2ncc(Cc3ccc(C)cc3)s2)cc1. The maximum atomic E-state index is 12.4. The Kier molecular flexibility index (Phi) is 5.70. The maximum absolute atomic E-state index is 12.4. The highest BCUT2D eigenvalue weighted by molar-refractivity contribution is 7.89. The van der Waals surface area contributed by atoms with Gasteiger partial charge in [0.15, 0.2) is 0 Å². The first-order chi connectivity index (χ1) is 12.5. The number of methoxy groups -OCH3 is 1. The number of aryl methyl sites for hydroxylation is 1. The third-order valence-corrected chi connectivity index (χ3v) is 6.30. The Morgan fingerprint density at radius 1 is 1.08 bits per heavy atom. The molecular weight excluding hydrogens is 368 g/mol. The second-order valence-corrected chi connectivity index (χ2v) is 8.85. The minimum absolute atomic E-state index is 0.174. The molecule has 136 valence electrons. The van der Waals surface area contributed by atoms with E-state index in [0.717, 1.165) is 16.3 Å². The largest absolute Gasteiger partial charge is 0.497 e. The normalized spacial score (nSPS) is 11.5. The molecule has 26 heavy (non-hydrogen) atoms. The molecule has 2 aromatic carbocycles. The van der Waals surface area contributed by atoms with Crippen molar-refractivity contribution in [2.45, 2.75) is 24.8 Å². The van der Waals surface area contributed by atoms with E-state index in [2.05, 4.69) is 40.9 Å². The van der Waals surface area contributed by atoms with Crippen molar-refractivity contribution in [3.63, 3.8) is 0 Å². The minimum Gasteiger partial charge on any atom is -0.497 e. The molecule has 7 heteroatoms. The van der Waals surface area contributed by atoms with E-state index in [1.165, 1.54) is 34.6 Å². The van der Waals surface area contributed by atoms with Crippen LogP contribution in [0.4, 0.5) is 0 Å². The van der Waals surface area contributed by atoms with Crippen molar-refractivity contribution in [1.82, 2.24) is 9.71 Å². The van der Waals surface area contributed by atoms with Gasteiger partial charge in [-0.2, -0.15) is 0 Å². The lowest BCUT2D eigenvalue weighted by atomic mass is 10.1. The first-order valence-electron chi connectivity index (χ1n) is 8.09. The molecule has 0 unspecified atom stereocenters. The molecule has 3 rings (SSSR count). The molecule has 0 radical (unpaired) electrons. The Bertz CT molecular complexity index is 963. The van der Waals surface area contributed by atoms with Crippen molar-refractivity contribution in [3.05, 3.63) is 75.7 Å². The van der Waals surface area contributed by atoms with Gasteiger partial charge in [-0.05, 0) is 36.8 Å². The molecule has 0 aliphatic carbocycles. The highest BCUT2D eigenvalue weighted by Crippen LogP contribution is 2.19. The lowest BCUT2D eigenvalue weighted by molar-refractivity contribution is 0.414. The molecule has 1 N–H and O–H groups in total. The average molecular weight is 389 g/mol. The van der Waals surface area contributed by atoms with Crippen LogP contribution in [-0.2, 0) is 23.0 Å². The Labute approximate surface area is 157 Å². The maximum Gasteiger partial charge on any atom is 0.240 e. The molecule has 0 saturated heterocycles. The summed E-state index contributed by atoms with van der Waals surface area (Å²) in [5.41, 5.74) is 2.44. The van der Waals surface area contributed by atoms with Crippen LogP contribution in [0.2, 0.25) is 0 Å². The number of rotatable bonds is 7. The Balaban J connectivity index is 1.62. The highest BCUT2D eigenvalue weighted by Gasteiger charge is 2.15. The van der Waals surface area contributed by atoms with Gasteiger partial charge in [0.2, 0.25) is 10.0 Å². The van der Waals surface area contributed by atoms with E-state index in [4.69, 9.17) is 4.74 Å². The van der Waals surface area contributed by atoms with E-state index >= 15 is 0 Å². The number of nitrogens with one attached hydrogen (secondary N) is 1. The van der Waals surface area contributed by atoms with Gasteiger partial charge in [-0.3, -0.25) is 0 Å². The summed E-state index contributed by atoms with van der Waals surface area (Å²) in [7, 11) is -2.04. The van der Waals surface area contributed by atoms with Crippen LogP contribution in [-0.4, -0.2) is 20.5 Å². The van der Waals surface area contributed by atoms with E-state index < -0.39 is 10.0 Å². The standard InChI is InChI=1S/C19H20N2O3S2/c1-14-3-5-15(6-4-14)11-17-12-20-19(25-17)13-21-26(22,23)18-9-7-16(24-2)8-10-18/h3-10,12,21H,11,13H2,1-2H3. The van der Waals surface area contributed by atoms with Gasteiger partial charge in [-0.1, -0.05) is 29.8 Å². The van der Waals surface area contributed by atoms with Crippen LogP contribution in [0.25, 0.3) is 0 Å². The van der Waals surface area contributed by atoms with Gasteiger partial charge in [0.1, 0.15) is 10.8 Å². The molecule has 1 heterocycles. The van der Waals surface area contributed by atoms with Crippen LogP contribution in [0.1, 0.15) is 21.0 Å². The second-order valence-electron chi connectivity index (χ2n) is 5.88. The Morgan fingerprint density at radius 2 is 1.77 bits per heavy atom. The number of benzene rings is 2. The molecule has 5 nitrogen and oxygen atoms in total. The van der Waals surface area contributed by atoms with E-state index in [1.54, 1.807) is 19.2 Å².